The number of amides is 1. The monoisotopic (exact) mass is 477 g/mol. The van der Waals surface area contributed by atoms with Gasteiger partial charge in [0, 0.05) is 63.6 Å². The third-order valence-corrected chi connectivity index (χ3v) is 7.78. The van der Waals surface area contributed by atoms with Gasteiger partial charge in [-0.05, 0) is 43.2 Å². The van der Waals surface area contributed by atoms with Gasteiger partial charge >= 0.3 is 0 Å². The van der Waals surface area contributed by atoms with Crippen molar-refractivity contribution in [3.05, 3.63) is 53.5 Å². The van der Waals surface area contributed by atoms with E-state index in [9.17, 15) is 14.7 Å². The van der Waals surface area contributed by atoms with Gasteiger partial charge in [0.2, 0.25) is 5.91 Å². The maximum atomic E-state index is 12.8. The number of β-amino-alcohol motifs (C(OH)–C–C–N with tert-alkyl or cyclic N) is 1. The first-order valence-corrected chi connectivity index (χ1v) is 12.8. The van der Waals surface area contributed by atoms with Gasteiger partial charge < -0.3 is 15.3 Å². The minimum Gasteiger partial charge on any atom is -0.392 e. The van der Waals surface area contributed by atoms with E-state index in [1.807, 2.05) is 4.90 Å². The van der Waals surface area contributed by atoms with Crippen molar-refractivity contribution in [3.8, 4) is 0 Å². The summed E-state index contributed by atoms with van der Waals surface area (Å²) in [5, 5.41) is 14.1. The maximum absolute atomic E-state index is 12.8. The fourth-order valence-corrected chi connectivity index (χ4v) is 5.64. The van der Waals surface area contributed by atoms with Crippen LogP contribution in [0.1, 0.15) is 67.1 Å². The molecule has 1 spiro atoms. The molecule has 2 aliphatic heterocycles. The van der Waals surface area contributed by atoms with Crippen LogP contribution in [0.2, 0.25) is 0 Å². The molecule has 35 heavy (non-hydrogen) atoms. The molecule has 3 heterocycles. The van der Waals surface area contributed by atoms with Crippen LogP contribution >= 0.6 is 0 Å². The van der Waals surface area contributed by atoms with E-state index in [1.54, 1.807) is 13.0 Å². The normalized spacial score (nSPS) is 20.3. The Balaban J connectivity index is 1.10. The first-order chi connectivity index (χ1) is 16.9. The van der Waals surface area contributed by atoms with Crippen LogP contribution in [-0.4, -0.2) is 74.9 Å². The molecule has 2 aromatic rings. The number of ketones is 1. The Labute approximate surface area is 206 Å². The maximum Gasteiger partial charge on any atom is 0.219 e. The summed E-state index contributed by atoms with van der Waals surface area (Å²) in [5.74, 6) is 0.660. The third kappa shape index (κ3) is 5.54. The van der Waals surface area contributed by atoms with E-state index in [-0.39, 0.29) is 29.6 Å². The molecule has 5 rings (SSSR count). The van der Waals surface area contributed by atoms with Gasteiger partial charge in [0.25, 0.3) is 0 Å². The molecule has 186 valence electrons. The number of aromatic nitrogens is 2. The average molecular weight is 478 g/mol. The Morgan fingerprint density at radius 3 is 2.71 bits per heavy atom. The number of rotatable bonds is 8. The Bertz CT molecular complexity index is 1080. The molecule has 1 saturated heterocycles. The fraction of sp³-hybridized carbons (Fsp3) is 0.556. The van der Waals surface area contributed by atoms with Crippen molar-refractivity contribution in [1.29, 1.82) is 0 Å². The molecule has 1 aromatic heterocycles. The summed E-state index contributed by atoms with van der Waals surface area (Å²) in [5.41, 5.74) is 3.50. The second kappa shape index (κ2) is 10.0. The summed E-state index contributed by atoms with van der Waals surface area (Å²) in [7, 11) is 0. The number of carbonyl (C=O) groups excluding carboxylic acids is 2. The summed E-state index contributed by atoms with van der Waals surface area (Å²) in [6.45, 7) is 5.48. The molecule has 1 aliphatic carbocycles. The van der Waals surface area contributed by atoms with E-state index < -0.39 is 6.10 Å². The Hall–Kier alpha value is -2.84. The lowest BCUT2D eigenvalue weighted by atomic mass is 9.87. The highest BCUT2D eigenvalue weighted by Crippen LogP contribution is 2.52. The molecular weight excluding hydrogens is 442 g/mol. The van der Waals surface area contributed by atoms with Crippen LogP contribution in [-0.2, 0) is 16.8 Å². The van der Waals surface area contributed by atoms with Crippen LogP contribution in [0.5, 0.6) is 0 Å². The minimum absolute atomic E-state index is 0.0800. The van der Waals surface area contributed by atoms with Crippen molar-refractivity contribution in [2.75, 3.05) is 31.5 Å². The van der Waals surface area contributed by atoms with Gasteiger partial charge in [-0.3, -0.25) is 14.5 Å². The second-order valence-electron chi connectivity index (χ2n) is 10.4. The van der Waals surface area contributed by atoms with Crippen LogP contribution in [0.3, 0.4) is 0 Å². The zero-order chi connectivity index (χ0) is 24.4. The van der Waals surface area contributed by atoms with Crippen molar-refractivity contribution in [3.63, 3.8) is 0 Å². The lowest BCUT2D eigenvalue weighted by molar-refractivity contribution is -0.129. The number of piperidine rings is 1. The number of fused-ring (bicyclic) bond motifs is 2. The topological polar surface area (TPSA) is 98.7 Å². The standard InChI is InChI=1S/C27H35N5O3/c1-19(33)32-12-8-21(9-13-32)30-26-14-24(28-18-29-26)25(35)7-6-22(34)16-31-15-20-4-2-3-5-23(20)27(17-31)10-11-27/h2-5,14,18,21-22,34H,6-13,15-17H2,1H3,(H,28,29,30)/t22-/m0/s1. The smallest absolute Gasteiger partial charge is 0.219 e. The fourth-order valence-electron chi connectivity index (χ4n) is 5.64. The minimum atomic E-state index is -0.550. The molecule has 0 unspecified atom stereocenters. The number of aliphatic hydroxyl groups is 1. The Morgan fingerprint density at radius 1 is 1.20 bits per heavy atom. The van der Waals surface area contributed by atoms with Crippen molar-refractivity contribution in [2.45, 2.75) is 69.6 Å². The summed E-state index contributed by atoms with van der Waals surface area (Å²) in [6.07, 6.45) is 5.67. The number of likely N-dealkylation sites (tertiary alicyclic amines) is 1. The predicted molar refractivity (Wildman–Crippen MR) is 133 cm³/mol. The lowest BCUT2D eigenvalue weighted by Crippen LogP contribution is -2.41. The van der Waals surface area contributed by atoms with E-state index >= 15 is 0 Å². The van der Waals surface area contributed by atoms with E-state index in [0.29, 0.717) is 24.5 Å². The molecule has 1 amide bonds. The van der Waals surface area contributed by atoms with Gasteiger partial charge in [0.15, 0.2) is 5.78 Å². The number of aliphatic hydroxyl groups excluding tert-OH is 1. The number of carbonyl (C=O) groups is 2. The Morgan fingerprint density at radius 2 is 1.97 bits per heavy atom. The number of hydrogen-bond donors (Lipinski definition) is 2. The number of nitrogens with zero attached hydrogens (tertiary/aromatic N) is 4. The van der Waals surface area contributed by atoms with E-state index in [0.717, 1.165) is 39.0 Å². The largest absolute Gasteiger partial charge is 0.392 e. The lowest BCUT2D eigenvalue weighted by Gasteiger charge is -2.36. The number of nitrogens with one attached hydrogen (secondary N) is 1. The third-order valence-electron chi connectivity index (χ3n) is 7.78. The Kier molecular flexibility index (Phi) is 6.84. The zero-order valence-corrected chi connectivity index (χ0v) is 20.4. The van der Waals surface area contributed by atoms with Crippen molar-refractivity contribution in [2.24, 2.45) is 0 Å². The molecule has 8 heteroatoms. The number of anilines is 1. The summed E-state index contributed by atoms with van der Waals surface area (Å²) in [4.78, 5) is 36.9. The number of hydrogen-bond acceptors (Lipinski definition) is 7. The van der Waals surface area contributed by atoms with Crippen LogP contribution in [0.4, 0.5) is 5.82 Å². The van der Waals surface area contributed by atoms with Crippen molar-refractivity contribution < 1.29 is 14.7 Å². The second-order valence-corrected chi connectivity index (χ2v) is 10.4. The predicted octanol–water partition coefficient (Wildman–Crippen LogP) is 2.77. The molecule has 1 aromatic carbocycles. The highest BCUT2D eigenvalue weighted by molar-refractivity contribution is 5.94. The van der Waals surface area contributed by atoms with Gasteiger partial charge in [0.05, 0.1) is 6.10 Å². The zero-order valence-electron chi connectivity index (χ0n) is 20.4. The SMILES string of the molecule is CC(=O)N1CCC(Nc2cc(C(=O)CC[C@H](O)CN3Cc4ccccc4C4(CC4)C3)ncn2)CC1. The summed E-state index contributed by atoms with van der Waals surface area (Å²) < 4.78 is 0. The molecule has 0 radical (unpaired) electrons. The van der Waals surface area contributed by atoms with E-state index in [2.05, 4.69) is 44.5 Å². The van der Waals surface area contributed by atoms with Crippen LogP contribution < -0.4 is 5.32 Å². The quantitative estimate of drug-likeness (QED) is 0.564. The van der Waals surface area contributed by atoms with Gasteiger partial charge in [0.1, 0.15) is 17.8 Å². The molecule has 2 fully saturated rings. The molecular formula is C27H35N5O3. The summed E-state index contributed by atoms with van der Waals surface area (Å²) >= 11 is 0. The van der Waals surface area contributed by atoms with E-state index in [1.165, 1.54) is 30.3 Å². The van der Waals surface area contributed by atoms with Crippen LogP contribution in [0.25, 0.3) is 0 Å². The first-order valence-electron chi connectivity index (χ1n) is 12.8. The first kappa shape index (κ1) is 23.9. The molecule has 8 nitrogen and oxygen atoms in total. The molecule has 1 atom stereocenters. The average Bonchev–Trinajstić information content (AvgIpc) is 3.62. The number of benzene rings is 1. The van der Waals surface area contributed by atoms with Gasteiger partial charge in [-0.2, -0.15) is 0 Å². The molecule has 1 saturated carbocycles. The van der Waals surface area contributed by atoms with Gasteiger partial charge in [-0.15, -0.1) is 0 Å². The highest BCUT2D eigenvalue weighted by Gasteiger charge is 2.48. The van der Waals surface area contributed by atoms with Crippen LogP contribution in [0, 0.1) is 0 Å². The van der Waals surface area contributed by atoms with Crippen LogP contribution in [0.15, 0.2) is 36.7 Å². The number of Topliss-reactive ketones (excluding diaryl/α,β-unsaturated/α-hetero) is 1. The van der Waals surface area contributed by atoms with Crippen molar-refractivity contribution in [1.82, 2.24) is 19.8 Å². The van der Waals surface area contributed by atoms with E-state index in [4.69, 9.17) is 0 Å². The molecule has 0 bridgehead atoms. The molecule has 3 aliphatic rings. The van der Waals surface area contributed by atoms with Crippen molar-refractivity contribution >= 4 is 17.5 Å². The van der Waals surface area contributed by atoms with Gasteiger partial charge in [-0.25, -0.2) is 9.97 Å². The highest BCUT2D eigenvalue weighted by atomic mass is 16.3. The molecule has 2 N–H and O–H groups in total. The van der Waals surface area contributed by atoms with Gasteiger partial charge in [-0.1, -0.05) is 24.3 Å². The summed E-state index contributed by atoms with van der Waals surface area (Å²) in [6, 6.07) is 10.6.